The maximum absolute atomic E-state index is 15.5. The van der Waals surface area contributed by atoms with Crippen molar-refractivity contribution in [2.45, 2.75) is 45.7 Å². The van der Waals surface area contributed by atoms with Crippen LogP contribution in [-0.2, 0) is 20.9 Å². The highest BCUT2D eigenvalue weighted by Gasteiger charge is 2.36. The molecule has 3 aromatic rings. The number of hydrogen-bond donors (Lipinski definition) is 4. The molecule has 2 aliphatic rings. The molecule has 5 amide bonds. The topological polar surface area (TPSA) is 129 Å². The second kappa shape index (κ2) is 13.5. The standard InChI is InChI=1S/C34H38FN5O5/c1-19-23(21-15-28(35)26(30(16-21)45-4)17-36-14-13-22-11-12-31(41)38-22)7-5-8-24(19)25-9-6-10-29(20(25)2)39-32(42)27-18-37-34(44)40(3)33(27)43/h5-10,15-16,22,27,36H,11-14,17-18H2,1-4H3,(H,37,44)(H,38,41)(H,39,42)/t22-,27?/m0/s1. The Hall–Kier alpha value is -4.77. The second-order valence-electron chi connectivity index (χ2n) is 11.5. The van der Waals surface area contributed by atoms with Crippen LogP contribution in [0.1, 0.15) is 36.0 Å². The SMILES string of the molecule is COc1cc(-c2cccc(-c3cccc(NC(=O)C4CNC(=O)N(C)C4=O)c3C)c2C)cc(F)c1CNCC[C@@H]1CCC(=O)N1. The molecule has 2 aliphatic heterocycles. The third-order valence-corrected chi connectivity index (χ3v) is 8.66. The molecule has 2 atom stereocenters. The van der Waals surface area contributed by atoms with Crippen LogP contribution in [0.4, 0.5) is 14.9 Å². The van der Waals surface area contributed by atoms with E-state index in [2.05, 4.69) is 21.3 Å². The van der Waals surface area contributed by atoms with Gasteiger partial charge in [0.2, 0.25) is 17.7 Å². The highest BCUT2D eigenvalue weighted by atomic mass is 19.1. The summed E-state index contributed by atoms with van der Waals surface area (Å²) in [6.45, 7) is 4.72. The highest BCUT2D eigenvalue weighted by molar-refractivity contribution is 6.12. The van der Waals surface area contributed by atoms with Gasteiger partial charge in [0.15, 0.2) is 0 Å². The first-order valence-electron chi connectivity index (χ1n) is 15.0. The number of ether oxygens (including phenoxy) is 1. The fourth-order valence-electron chi connectivity index (χ4n) is 5.96. The first-order valence-corrected chi connectivity index (χ1v) is 15.0. The normalized spacial score (nSPS) is 18.1. The number of halogens is 1. The molecule has 1 unspecified atom stereocenters. The Morgan fingerprint density at radius 3 is 2.47 bits per heavy atom. The molecule has 2 fully saturated rings. The third-order valence-electron chi connectivity index (χ3n) is 8.66. The highest BCUT2D eigenvalue weighted by Crippen LogP contribution is 2.37. The molecule has 4 N–H and O–H groups in total. The summed E-state index contributed by atoms with van der Waals surface area (Å²) in [5, 5.41) is 11.6. The molecule has 0 bridgehead atoms. The van der Waals surface area contributed by atoms with Crippen molar-refractivity contribution < 1.29 is 28.3 Å². The van der Waals surface area contributed by atoms with Crippen molar-refractivity contribution in [3.05, 3.63) is 71.0 Å². The van der Waals surface area contributed by atoms with E-state index in [1.807, 2.05) is 50.2 Å². The Kier molecular flexibility index (Phi) is 9.48. The minimum absolute atomic E-state index is 0.0667. The van der Waals surface area contributed by atoms with Gasteiger partial charge in [0, 0.05) is 43.9 Å². The lowest BCUT2D eigenvalue weighted by atomic mass is 9.90. The summed E-state index contributed by atoms with van der Waals surface area (Å²) >= 11 is 0. The van der Waals surface area contributed by atoms with Gasteiger partial charge in [-0.05, 0) is 84.8 Å². The first-order chi connectivity index (χ1) is 21.6. The Labute approximate surface area is 261 Å². The molecule has 11 heteroatoms. The van der Waals surface area contributed by atoms with Gasteiger partial charge in [-0.1, -0.05) is 30.3 Å². The lowest BCUT2D eigenvalue weighted by Gasteiger charge is -2.28. The molecule has 0 aromatic heterocycles. The van der Waals surface area contributed by atoms with Gasteiger partial charge in [0.05, 0.1) is 7.11 Å². The van der Waals surface area contributed by atoms with Crippen molar-refractivity contribution in [1.82, 2.24) is 20.9 Å². The van der Waals surface area contributed by atoms with Gasteiger partial charge < -0.3 is 26.0 Å². The number of nitrogens with zero attached hydrogens (tertiary/aromatic N) is 1. The molecule has 0 saturated carbocycles. The number of carbonyl (C=O) groups excluding carboxylic acids is 4. The van der Waals surface area contributed by atoms with Crippen molar-refractivity contribution in [3.8, 4) is 28.0 Å². The number of carbonyl (C=O) groups is 4. The summed E-state index contributed by atoms with van der Waals surface area (Å²) in [7, 11) is 2.86. The quantitative estimate of drug-likeness (QED) is 0.199. The first kappa shape index (κ1) is 31.6. The average Bonchev–Trinajstić information content (AvgIpc) is 3.44. The van der Waals surface area contributed by atoms with E-state index in [1.54, 1.807) is 6.07 Å². The number of methoxy groups -OCH3 is 1. The molecular weight excluding hydrogens is 577 g/mol. The van der Waals surface area contributed by atoms with E-state index >= 15 is 4.39 Å². The number of amides is 5. The van der Waals surface area contributed by atoms with Crippen molar-refractivity contribution >= 4 is 29.4 Å². The van der Waals surface area contributed by atoms with E-state index in [-0.39, 0.29) is 24.3 Å². The van der Waals surface area contributed by atoms with Crippen LogP contribution >= 0.6 is 0 Å². The Morgan fingerprint density at radius 1 is 1.04 bits per heavy atom. The summed E-state index contributed by atoms with van der Waals surface area (Å²) in [6.07, 6.45) is 2.15. The molecule has 0 aliphatic carbocycles. The molecule has 2 heterocycles. The summed E-state index contributed by atoms with van der Waals surface area (Å²) in [4.78, 5) is 49.6. The van der Waals surface area contributed by atoms with Crippen LogP contribution in [0.2, 0.25) is 0 Å². The van der Waals surface area contributed by atoms with Gasteiger partial charge >= 0.3 is 6.03 Å². The van der Waals surface area contributed by atoms with Crippen molar-refractivity contribution in [3.63, 3.8) is 0 Å². The lowest BCUT2D eigenvalue weighted by molar-refractivity contribution is -0.138. The van der Waals surface area contributed by atoms with Gasteiger partial charge in [-0.3, -0.25) is 19.3 Å². The number of urea groups is 1. The fraction of sp³-hybridized carbons (Fsp3) is 0.353. The Morgan fingerprint density at radius 2 is 1.76 bits per heavy atom. The number of nitrogens with one attached hydrogen (secondary N) is 4. The van der Waals surface area contributed by atoms with Gasteiger partial charge in [-0.15, -0.1) is 0 Å². The van der Waals surface area contributed by atoms with Crippen molar-refractivity contribution in [2.24, 2.45) is 5.92 Å². The average molecular weight is 616 g/mol. The smallest absolute Gasteiger partial charge is 0.323 e. The van der Waals surface area contributed by atoms with Crippen LogP contribution in [0.5, 0.6) is 5.75 Å². The van der Waals surface area contributed by atoms with E-state index in [1.165, 1.54) is 20.2 Å². The second-order valence-corrected chi connectivity index (χ2v) is 11.5. The number of rotatable bonds is 10. The van der Waals surface area contributed by atoms with Crippen LogP contribution in [-0.4, -0.2) is 61.9 Å². The van der Waals surface area contributed by atoms with Crippen LogP contribution in [0.15, 0.2) is 48.5 Å². The fourth-order valence-corrected chi connectivity index (χ4v) is 5.96. The summed E-state index contributed by atoms with van der Waals surface area (Å²) < 4.78 is 21.1. The van der Waals surface area contributed by atoms with Crippen LogP contribution in [0.3, 0.4) is 0 Å². The van der Waals surface area contributed by atoms with E-state index < -0.39 is 23.8 Å². The summed E-state index contributed by atoms with van der Waals surface area (Å²) in [5.74, 6) is -1.95. The maximum atomic E-state index is 15.5. The Bertz CT molecular complexity index is 1660. The summed E-state index contributed by atoms with van der Waals surface area (Å²) in [6, 6.07) is 14.3. The number of hydrogen-bond acceptors (Lipinski definition) is 6. The minimum Gasteiger partial charge on any atom is -0.496 e. The molecule has 236 valence electrons. The molecule has 0 spiro atoms. The zero-order valence-corrected chi connectivity index (χ0v) is 25.9. The molecule has 3 aromatic carbocycles. The number of imide groups is 1. The molecule has 10 nitrogen and oxygen atoms in total. The molecule has 5 rings (SSSR count). The van der Waals surface area contributed by atoms with Crippen LogP contribution < -0.4 is 26.0 Å². The van der Waals surface area contributed by atoms with Crippen molar-refractivity contribution in [1.29, 1.82) is 0 Å². The van der Waals surface area contributed by atoms with E-state index in [0.29, 0.717) is 42.1 Å². The monoisotopic (exact) mass is 615 g/mol. The number of benzene rings is 3. The maximum Gasteiger partial charge on any atom is 0.323 e. The van der Waals surface area contributed by atoms with Gasteiger partial charge in [-0.2, -0.15) is 0 Å². The zero-order valence-electron chi connectivity index (χ0n) is 25.9. The van der Waals surface area contributed by atoms with E-state index in [0.717, 1.165) is 45.6 Å². The minimum atomic E-state index is -1.03. The van der Waals surface area contributed by atoms with Gasteiger partial charge in [0.25, 0.3) is 0 Å². The Balaban J connectivity index is 1.35. The molecule has 2 saturated heterocycles. The molecular formula is C34H38FN5O5. The van der Waals surface area contributed by atoms with Gasteiger partial charge in [0.1, 0.15) is 17.5 Å². The van der Waals surface area contributed by atoms with E-state index in [9.17, 15) is 19.2 Å². The largest absolute Gasteiger partial charge is 0.496 e. The van der Waals surface area contributed by atoms with Gasteiger partial charge in [-0.25, -0.2) is 9.18 Å². The van der Waals surface area contributed by atoms with Crippen molar-refractivity contribution in [2.75, 3.05) is 32.6 Å². The predicted molar refractivity (Wildman–Crippen MR) is 169 cm³/mol. The van der Waals surface area contributed by atoms with Crippen LogP contribution in [0.25, 0.3) is 22.3 Å². The predicted octanol–water partition coefficient (Wildman–Crippen LogP) is 4.28. The molecule has 0 radical (unpaired) electrons. The molecule has 45 heavy (non-hydrogen) atoms. The third kappa shape index (κ3) is 6.68. The zero-order chi connectivity index (χ0) is 32.2. The lowest BCUT2D eigenvalue weighted by Crippen LogP contribution is -2.56. The van der Waals surface area contributed by atoms with Crippen LogP contribution in [0, 0.1) is 25.6 Å². The summed E-state index contributed by atoms with van der Waals surface area (Å²) in [5.41, 5.74) is 5.99. The van der Waals surface area contributed by atoms with E-state index in [4.69, 9.17) is 4.74 Å². The number of anilines is 1.